The molecule has 2 heterocycles. The van der Waals surface area contributed by atoms with Gasteiger partial charge in [0.15, 0.2) is 0 Å². The van der Waals surface area contributed by atoms with Gasteiger partial charge in [0.2, 0.25) is 0 Å². The second kappa shape index (κ2) is 4.85. The minimum Gasteiger partial charge on any atom is -0.394 e. The Labute approximate surface area is 111 Å². The van der Waals surface area contributed by atoms with Gasteiger partial charge in [0.1, 0.15) is 6.10 Å². The van der Waals surface area contributed by atoms with Crippen molar-refractivity contribution in [1.82, 2.24) is 4.68 Å². The fourth-order valence-corrected chi connectivity index (χ4v) is 2.80. The molecule has 3 N–H and O–H groups in total. The first-order valence-corrected chi connectivity index (χ1v) is 6.52. The minimum atomic E-state index is -0.931. The molecule has 0 aliphatic carbocycles. The number of rotatable bonds is 2. The summed E-state index contributed by atoms with van der Waals surface area (Å²) in [7, 11) is 0. The molecule has 5 nitrogen and oxygen atoms in total. The number of nitrogens with zero attached hydrogens (tertiary/aromatic N) is 2. The van der Waals surface area contributed by atoms with Gasteiger partial charge in [0.25, 0.3) is 0 Å². The number of benzene rings is 1. The average Bonchev–Trinajstić information content (AvgIpc) is 2.85. The summed E-state index contributed by atoms with van der Waals surface area (Å²) in [5, 5.41) is 32.2. The normalized spacial score (nSPS) is 27.9. The number of aromatic nitrogens is 1. The second-order valence-electron chi connectivity index (χ2n) is 4.98. The molecule has 1 saturated heterocycles. The second-order valence-corrected chi connectivity index (χ2v) is 4.98. The molecule has 1 aromatic heterocycles. The van der Waals surface area contributed by atoms with Crippen LogP contribution in [-0.2, 0) is 0 Å². The van der Waals surface area contributed by atoms with Gasteiger partial charge in [0.05, 0.1) is 24.3 Å². The lowest BCUT2D eigenvalue weighted by atomic mass is 9.98. The third kappa shape index (κ3) is 2.00. The van der Waals surface area contributed by atoms with Crippen LogP contribution in [0.3, 0.4) is 0 Å². The lowest BCUT2D eigenvalue weighted by molar-refractivity contribution is -0.0344. The van der Waals surface area contributed by atoms with E-state index in [1.807, 2.05) is 46.2 Å². The number of hydrogen-bond donors (Lipinski definition) is 3. The van der Waals surface area contributed by atoms with Crippen molar-refractivity contribution in [3.8, 4) is 0 Å². The number of aliphatic hydroxyl groups excluding tert-OH is 3. The lowest BCUT2D eigenvalue weighted by Gasteiger charge is -2.42. The zero-order valence-electron chi connectivity index (χ0n) is 10.6. The van der Waals surface area contributed by atoms with Crippen LogP contribution in [0.4, 0.5) is 0 Å². The Kier molecular flexibility index (Phi) is 3.18. The van der Waals surface area contributed by atoms with Crippen molar-refractivity contribution in [2.45, 2.75) is 24.7 Å². The monoisotopic (exact) mass is 262 g/mol. The number of fused-ring (bicyclic) bond motifs is 1. The number of hydrogen-bond acceptors (Lipinski definition) is 4. The first kappa shape index (κ1) is 12.5. The third-order valence-electron chi connectivity index (χ3n) is 3.87. The molecule has 0 amide bonds. The van der Waals surface area contributed by atoms with Gasteiger partial charge < -0.3 is 20.3 Å². The molecule has 0 radical (unpaired) electrons. The van der Waals surface area contributed by atoms with Crippen molar-refractivity contribution in [2.75, 3.05) is 18.2 Å². The van der Waals surface area contributed by atoms with Gasteiger partial charge in [-0.3, -0.25) is 4.68 Å². The van der Waals surface area contributed by atoms with E-state index in [9.17, 15) is 15.3 Å². The highest BCUT2D eigenvalue weighted by atomic mass is 16.3. The van der Waals surface area contributed by atoms with Gasteiger partial charge in [-0.2, -0.15) is 0 Å². The van der Waals surface area contributed by atoms with Gasteiger partial charge in [-0.25, -0.2) is 0 Å². The summed E-state index contributed by atoms with van der Waals surface area (Å²) in [6.45, 7) is 0.410. The van der Waals surface area contributed by atoms with Crippen molar-refractivity contribution >= 4 is 10.9 Å². The Bertz CT molecular complexity index is 569. The van der Waals surface area contributed by atoms with E-state index in [1.165, 1.54) is 0 Å². The SMILES string of the molecule is OC[C@H]1[C@@H](O)[C@H](O)CCN1n1ccc2ccccc21. The van der Waals surface area contributed by atoms with E-state index in [0.717, 1.165) is 10.9 Å². The van der Waals surface area contributed by atoms with Crippen LogP contribution in [-0.4, -0.2) is 51.4 Å². The molecule has 3 atom stereocenters. The molecule has 0 bridgehead atoms. The van der Waals surface area contributed by atoms with E-state index in [4.69, 9.17) is 0 Å². The largest absolute Gasteiger partial charge is 0.394 e. The van der Waals surface area contributed by atoms with Crippen LogP contribution in [0.5, 0.6) is 0 Å². The summed E-state index contributed by atoms with van der Waals surface area (Å²) >= 11 is 0. The van der Waals surface area contributed by atoms with Crippen LogP contribution in [0.1, 0.15) is 6.42 Å². The van der Waals surface area contributed by atoms with Crippen molar-refractivity contribution in [2.24, 2.45) is 0 Å². The highest BCUT2D eigenvalue weighted by Crippen LogP contribution is 2.22. The van der Waals surface area contributed by atoms with E-state index in [0.29, 0.717) is 13.0 Å². The van der Waals surface area contributed by atoms with Gasteiger partial charge in [0, 0.05) is 18.1 Å². The molecular weight excluding hydrogens is 244 g/mol. The molecule has 5 heteroatoms. The van der Waals surface area contributed by atoms with Crippen LogP contribution in [0.2, 0.25) is 0 Å². The highest BCUT2D eigenvalue weighted by molar-refractivity contribution is 5.80. The van der Waals surface area contributed by atoms with Gasteiger partial charge in [-0.1, -0.05) is 18.2 Å². The molecule has 2 aromatic rings. The van der Waals surface area contributed by atoms with E-state index in [2.05, 4.69) is 0 Å². The zero-order chi connectivity index (χ0) is 13.4. The first-order valence-electron chi connectivity index (χ1n) is 6.52. The van der Waals surface area contributed by atoms with Gasteiger partial charge in [-0.05, 0) is 18.6 Å². The Morgan fingerprint density at radius 3 is 2.74 bits per heavy atom. The van der Waals surface area contributed by atoms with E-state index >= 15 is 0 Å². The van der Waals surface area contributed by atoms with Crippen LogP contribution in [0.15, 0.2) is 36.5 Å². The number of piperidine rings is 1. The Morgan fingerprint density at radius 1 is 1.16 bits per heavy atom. The molecule has 0 unspecified atom stereocenters. The molecule has 0 saturated carbocycles. The van der Waals surface area contributed by atoms with Crippen LogP contribution in [0, 0.1) is 0 Å². The van der Waals surface area contributed by atoms with E-state index in [1.54, 1.807) is 0 Å². The maximum atomic E-state index is 10.0. The highest BCUT2D eigenvalue weighted by Gasteiger charge is 2.36. The van der Waals surface area contributed by atoms with Crippen molar-refractivity contribution in [1.29, 1.82) is 0 Å². The van der Waals surface area contributed by atoms with Crippen molar-refractivity contribution < 1.29 is 15.3 Å². The third-order valence-corrected chi connectivity index (χ3v) is 3.87. The van der Waals surface area contributed by atoms with Gasteiger partial charge >= 0.3 is 0 Å². The summed E-state index contributed by atoms with van der Waals surface area (Å²) in [5.41, 5.74) is 1.03. The topological polar surface area (TPSA) is 68.9 Å². The van der Waals surface area contributed by atoms with Crippen molar-refractivity contribution in [3.63, 3.8) is 0 Å². The fourth-order valence-electron chi connectivity index (χ4n) is 2.80. The fraction of sp³-hybridized carbons (Fsp3) is 0.429. The maximum Gasteiger partial charge on any atom is 0.104 e. The molecular formula is C14H18N2O3. The predicted molar refractivity (Wildman–Crippen MR) is 72.5 cm³/mol. The molecule has 0 spiro atoms. The standard InChI is InChI=1S/C14H18N2O3/c17-9-12-14(19)13(18)6-8-16(12)15-7-5-10-3-1-2-4-11(10)15/h1-5,7,12-14,17-19H,6,8-9H2/t12-,13+,14+/m0/s1. The van der Waals surface area contributed by atoms with Gasteiger partial charge in [-0.15, -0.1) is 0 Å². The summed E-state index contributed by atoms with van der Waals surface area (Å²) in [6, 6.07) is 9.48. The van der Waals surface area contributed by atoms with Crippen LogP contribution >= 0.6 is 0 Å². The molecule has 1 aromatic carbocycles. The summed E-state index contributed by atoms with van der Waals surface area (Å²) in [5.74, 6) is 0. The Hall–Kier alpha value is -1.56. The Morgan fingerprint density at radius 2 is 1.95 bits per heavy atom. The quantitative estimate of drug-likeness (QED) is 0.716. The minimum absolute atomic E-state index is 0.190. The van der Waals surface area contributed by atoms with E-state index in [-0.39, 0.29) is 6.61 Å². The molecule has 3 rings (SSSR count). The predicted octanol–water partition coefficient (Wildman–Crippen LogP) is 0.0657. The summed E-state index contributed by atoms with van der Waals surface area (Å²) in [6.07, 6.45) is 0.720. The summed E-state index contributed by atoms with van der Waals surface area (Å²) < 4.78 is 1.95. The van der Waals surface area contributed by atoms with Crippen LogP contribution in [0.25, 0.3) is 10.9 Å². The molecule has 19 heavy (non-hydrogen) atoms. The van der Waals surface area contributed by atoms with Crippen LogP contribution < -0.4 is 5.01 Å². The first-order chi connectivity index (χ1) is 9.22. The smallest absolute Gasteiger partial charge is 0.104 e. The van der Waals surface area contributed by atoms with Crippen molar-refractivity contribution in [3.05, 3.63) is 36.5 Å². The molecule has 1 aliphatic heterocycles. The lowest BCUT2D eigenvalue weighted by Crippen LogP contribution is -2.60. The number of aliphatic hydroxyl groups is 3. The zero-order valence-corrected chi connectivity index (χ0v) is 10.6. The molecule has 102 valence electrons. The van der Waals surface area contributed by atoms with E-state index < -0.39 is 18.2 Å². The average molecular weight is 262 g/mol. The Balaban J connectivity index is 2.00. The molecule has 1 aliphatic rings. The number of para-hydroxylation sites is 1. The molecule has 1 fully saturated rings. The summed E-state index contributed by atoms with van der Waals surface area (Å²) in [4.78, 5) is 0. The maximum absolute atomic E-state index is 10.0.